The maximum atomic E-state index is 12.5. The lowest BCUT2D eigenvalue weighted by molar-refractivity contribution is -0.123. The molecule has 5 heteroatoms. The summed E-state index contributed by atoms with van der Waals surface area (Å²) in [6.07, 6.45) is 2.05. The third kappa shape index (κ3) is 3.68. The van der Waals surface area contributed by atoms with E-state index in [-0.39, 0.29) is 17.0 Å². The van der Waals surface area contributed by atoms with Crippen LogP contribution in [0.4, 0.5) is 4.79 Å². The highest BCUT2D eigenvalue weighted by atomic mass is 16.3. The topological polar surface area (TPSA) is 55.8 Å². The van der Waals surface area contributed by atoms with Gasteiger partial charge in [0.2, 0.25) is 0 Å². The van der Waals surface area contributed by atoms with Crippen LogP contribution in [0.3, 0.4) is 0 Å². The highest BCUT2D eigenvalue weighted by Gasteiger charge is 2.54. The molecule has 1 unspecified atom stereocenters. The van der Waals surface area contributed by atoms with Crippen molar-refractivity contribution in [2.45, 2.75) is 65.1 Å². The first kappa shape index (κ1) is 19.0. The summed E-state index contributed by atoms with van der Waals surface area (Å²) in [6, 6.07) is 8.58. The van der Waals surface area contributed by atoms with Crippen molar-refractivity contribution in [2.75, 3.05) is 19.6 Å². The summed E-state index contributed by atoms with van der Waals surface area (Å²) in [5.74, 6) is 0.312. The van der Waals surface area contributed by atoms with Crippen molar-refractivity contribution in [2.24, 2.45) is 5.41 Å². The molecule has 0 saturated carbocycles. The lowest BCUT2D eigenvalue weighted by Crippen LogP contribution is -2.64. The summed E-state index contributed by atoms with van der Waals surface area (Å²) < 4.78 is 0. The number of nitrogens with one attached hydrogen (secondary N) is 1. The van der Waals surface area contributed by atoms with Crippen molar-refractivity contribution in [1.29, 1.82) is 0 Å². The SMILES string of the molecule is CC(C)N1CC2(CCN(C(=O)NC(C)(C)C)CC2)C1c1ccc(O)cc1. The van der Waals surface area contributed by atoms with E-state index in [0.717, 1.165) is 32.5 Å². The summed E-state index contributed by atoms with van der Waals surface area (Å²) in [6.45, 7) is 13.2. The molecule has 144 valence electrons. The number of phenols is 1. The molecule has 2 aliphatic heterocycles. The van der Waals surface area contributed by atoms with Crippen LogP contribution in [-0.2, 0) is 0 Å². The zero-order chi connectivity index (χ0) is 19.1. The Kier molecular flexibility index (Phi) is 4.95. The molecule has 0 aliphatic carbocycles. The molecule has 2 amide bonds. The van der Waals surface area contributed by atoms with Crippen molar-refractivity contribution in [3.63, 3.8) is 0 Å². The van der Waals surface area contributed by atoms with Gasteiger partial charge >= 0.3 is 6.03 Å². The Labute approximate surface area is 157 Å². The van der Waals surface area contributed by atoms with Crippen LogP contribution >= 0.6 is 0 Å². The maximum Gasteiger partial charge on any atom is 0.317 e. The molecular weight excluding hydrogens is 326 g/mol. The molecule has 5 nitrogen and oxygen atoms in total. The number of piperidine rings is 1. The second-order valence-corrected chi connectivity index (χ2v) is 9.29. The van der Waals surface area contributed by atoms with Gasteiger partial charge in [-0.25, -0.2) is 4.79 Å². The van der Waals surface area contributed by atoms with Gasteiger partial charge in [-0.2, -0.15) is 0 Å². The molecule has 2 aliphatic rings. The first-order valence-electron chi connectivity index (χ1n) is 9.73. The molecule has 1 atom stereocenters. The summed E-state index contributed by atoms with van der Waals surface area (Å²) in [5.41, 5.74) is 1.31. The van der Waals surface area contributed by atoms with Gasteiger partial charge < -0.3 is 15.3 Å². The molecule has 3 rings (SSSR count). The van der Waals surface area contributed by atoms with E-state index < -0.39 is 0 Å². The highest BCUT2D eigenvalue weighted by Crippen LogP contribution is 2.55. The van der Waals surface area contributed by atoms with Crippen molar-refractivity contribution in [3.05, 3.63) is 29.8 Å². The third-order valence-corrected chi connectivity index (χ3v) is 5.81. The summed E-state index contributed by atoms with van der Waals surface area (Å²) in [7, 11) is 0. The van der Waals surface area contributed by atoms with Crippen LogP contribution < -0.4 is 5.32 Å². The molecule has 1 spiro atoms. The number of phenolic OH excluding ortho intramolecular Hbond substituents is 1. The van der Waals surface area contributed by atoms with Crippen molar-refractivity contribution >= 4 is 6.03 Å². The molecule has 2 heterocycles. The molecule has 0 radical (unpaired) electrons. The summed E-state index contributed by atoms with van der Waals surface area (Å²) in [4.78, 5) is 17.0. The lowest BCUT2D eigenvalue weighted by Gasteiger charge is -2.62. The Bertz CT molecular complexity index is 640. The minimum Gasteiger partial charge on any atom is -0.508 e. The van der Waals surface area contributed by atoms with Gasteiger partial charge in [-0.05, 0) is 65.2 Å². The smallest absolute Gasteiger partial charge is 0.317 e. The Hall–Kier alpha value is -1.75. The molecule has 1 aromatic carbocycles. The Morgan fingerprint density at radius 2 is 1.77 bits per heavy atom. The van der Waals surface area contributed by atoms with E-state index in [9.17, 15) is 9.90 Å². The van der Waals surface area contributed by atoms with Crippen molar-refractivity contribution in [1.82, 2.24) is 15.1 Å². The van der Waals surface area contributed by atoms with E-state index in [1.807, 2.05) is 25.7 Å². The van der Waals surface area contributed by atoms with E-state index >= 15 is 0 Å². The average molecular weight is 360 g/mol. The van der Waals surface area contributed by atoms with Crippen LogP contribution in [-0.4, -0.2) is 52.2 Å². The third-order valence-electron chi connectivity index (χ3n) is 5.81. The largest absolute Gasteiger partial charge is 0.508 e. The van der Waals surface area contributed by atoms with E-state index in [2.05, 4.69) is 36.2 Å². The molecular formula is C21H33N3O2. The van der Waals surface area contributed by atoms with Gasteiger partial charge in [0.25, 0.3) is 0 Å². The van der Waals surface area contributed by atoms with E-state index in [4.69, 9.17) is 0 Å². The maximum absolute atomic E-state index is 12.5. The Morgan fingerprint density at radius 3 is 2.27 bits per heavy atom. The Balaban J connectivity index is 1.72. The average Bonchev–Trinajstić information content (AvgIpc) is 2.53. The number of hydrogen-bond donors (Lipinski definition) is 2. The number of rotatable bonds is 2. The molecule has 0 aromatic heterocycles. The van der Waals surface area contributed by atoms with Crippen LogP contribution in [0.1, 0.15) is 59.1 Å². The van der Waals surface area contributed by atoms with Gasteiger partial charge in [0.15, 0.2) is 0 Å². The first-order chi connectivity index (χ1) is 12.1. The summed E-state index contributed by atoms with van der Waals surface area (Å²) >= 11 is 0. The fourth-order valence-corrected chi connectivity index (χ4v) is 4.45. The highest BCUT2D eigenvalue weighted by molar-refractivity contribution is 5.75. The van der Waals surface area contributed by atoms with Crippen LogP contribution in [0.25, 0.3) is 0 Å². The second kappa shape index (κ2) is 6.76. The molecule has 2 N–H and O–H groups in total. The number of carbonyl (C=O) groups is 1. The van der Waals surface area contributed by atoms with Gasteiger partial charge in [-0.3, -0.25) is 4.90 Å². The predicted molar refractivity (Wildman–Crippen MR) is 104 cm³/mol. The molecule has 0 bridgehead atoms. The molecule has 1 aromatic rings. The Morgan fingerprint density at radius 1 is 1.19 bits per heavy atom. The zero-order valence-electron chi connectivity index (χ0n) is 16.7. The number of likely N-dealkylation sites (tertiary alicyclic amines) is 2. The number of urea groups is 1. The normalized spacial score (nSPS) is 23.2. The fourth-order valence-electron chi connectivity index (χ4n) is 4.45. The standard InChI is InChI=1S/C21H33N3O2/c1-15(2)24-14-21(18(24)16-6-8-17(25)9-7-16)10-12-23(13-11-21)19(26)22-20(3,4)5/h6-9,15,18,25H,10-14H2,1-5H3,(H,22,26). The second-order valence-electron chi connectivity index (χ2n) is 9.29. The van der Waals surface area contributed by atoms with E-state index in [0.29, 0.717) is 17.8 Å². The summed E-state index contributed by atoms with van der Waals surface area (Å²) in [5, 5.41) is 12.7. The van der Waals surface area contributed by atoms with E-state index in [1.165, 1.54) is 5.56 Å². The first-order valence-corrected chi connectivity index (χ1v) is 9.73. The van der Waals surface area contributed by atoms with Crippen LogP contribution in [0.5, 0.6) is 5.75 Å². The van der Waals surface area contributed by atoms with Gasteiger partial charge in [-0.1, -0.05) is 12.1 Å². The van der Waals surface area contributed by atoms with Crippen LogP contribution in [0, 0.1) is 5.41 Å². The number of carbonyl (C=O) groups excluding carboxylic acids is 1. The predicted octanol–water partition coefficient (Wildman–Crippen LogP) is 3.75. The van der Waals surface area contributed by atoms with Crippen molar-refractivity contribution < 1.29 is 9.90 Å². The number of amides is 2. The molecule has 2 fully saturated rings. The van der Waals surface area contributed by atoms with Crippen LogP contribution in [0.2, 0.25) is 0 Å². The van der Waals surface area contributed by atoms with Gasteiger partial charge in [0, 0.05) is 42.7 Å². The molecule has 26 heavy (non-hydrogen) atoms. The quantitative estimate of drug-likeness (QED) is 0.846. The number of aromatic hydroxyl groups is 1. The minimum absolute atomic E-state index is 0.0496. The van der Waals surface area contributed by atoms with Crippen LogP contribution in [0.15, 0.2) is 24.3 Å². The lowest BCUT2D eigenvalue weighted by atomic mass is 9.62. The van der Waals surface area contributed by atoms with Gasteiger partial charge in [0.05, 0.1) is 0 Å². The van der Waals surface area contributed by atoms with E-state index in [1.54, 1.807) is 12.1 Å². The molecule has 2 saturated heterocycles. The number of benzene rings is 1. The van der Waals surface area contributed by atoms with Crippen molar-refractivity contribution in [3.8, 4) is 5.75 Å². The number of nitrogens with zero attached hydrogens (tertiary/aromatic N) is 2. The number of hydrogen-bond acceptors (Lipinski definition) is 3. The monoisotopic (exact) mass is 359 g/mol. The van der Waals surface area contributed by atoms with Gasteiger partial charge in [0.1, 0.15) is 5.75 Å². The minimum atomic E-state index is -0.203. The fraction of sp³-hybridized carbons (Fsp3) is 0.667. The zero-order valence-corrected chi connectivity index (χ0v) is 16.7. The van der Waals surface area contributed by atoms with Gasteiger partial charge in [-0.15, -0.1) is 0 Å².